The number of anilines is 1. The van der Waals surface area contributed by atoms with Crippen LogP contribution in [0.5, 0.6) is 0 Å². The Kier molecular flexibility index (Phi) is 3.01. The predicted octanol–water partition coefficient (Wildman–Crippen LogP) is -0.0453. The van der Waals surface area contributed by atoms with E-state index in [4.69, 9.17) is 5.73 Å². The zero-order chi connectivity index (χ0) is 13.3. The van der Waals surface area contributed by atoms with E-state index in [1.54, 1.807) is 24.3 Å². The lowest BCUT2D eigenvalue weighted by Crippen LogP contribution is -2.31. The molecule has 1 unspecified atom stereocenters. The number of likely N-dealkylation sites (N-methyl/N-ethyl adjacent to an activating group) is 1. The first kappa shape index (κ1) is 12.1. The van der Waals surface area contributed by atoms with Crippen molar-refractivity contribution in [2.24, 2.45) is 5.73 Å². The van der Waals surface area contributed by atoms with E-state index in [0.29, 0.717) is 11.3 Å². The fourth-order valence-corrected chi connectivity index (χ4v) is 1.83. The van der Waals surface area contributed by atoms with Crippen LogP contribution in [0.3, 0.4) is 0 Å². The fraction of sp³-hybridized carbons (Fsp3) is 0.250. The van der Waals surface area contributed by atoms with Crippen LogP contribution in [0.15, 0.2) is 24.3 Å². The highest BCUT2D eigenvalue weighted by atomic mass is 16.2. The number of nitrogens with zero attached hydrogens (tertiary/aromatic N) is 1. The van der Waals surface area contributed by atoms with E-state index in [1.807, 2.05) is 0 Å². The number of carbonyl (C=O) groups is 3. The summed E-state index contributed by atoms with van der Waals surface area (Å²) in [6, 6.07) is 5.93. The second-order valence-corrected chi connectivity index (χ2v) is 4.14. The third-order valence-corrected chi connectivity index (χ3v) is 2.87. The summed E-state index contributed by atoms with van der Waals surface area (Å²) < 4.78 is 0. The molecule has 0 spiro atoms. The van der Waals surface area contributed by atoms with Gasteiger partial charge >= 0.3 is 0 Å². The van der Waals surface area contributed by atoms with Crippen LogP contribution in [-0.4, -0.2) is 35.7 Å². The number of hydrogen-bond acceptors (Lipinski definition) is 4. The normalized spacial score (nSPS) is 19.2. The molecule has 1 saturated heterocycles. The fourth-order valence-electron chi connectivity index (χ4n) is 1.83. The summed E-state index contributed by atoms with van der Waals surface area (Å²) in [4.78, 5) is 35.2. The molecule has 1 fully saturated rings. The largest absolute Gasteiger partial charge is 0.373 e. The van der Waals surface area contributed by atoms with Crippen LogP contribution in [0.25, 0.3) is 0 Å². The quantitative estimate of drug-likeness (QED) is 0.733. The van der Waals surface area contributed by atoms with Crippen LogP contribution < -0.4 is 11.1 Å². The molecule has 3 amide bonds. The molecule has 6 nitrogen and oxygen atoms in total. The van der Waals surface area contributed by atoms with Crippen LogP contribution in [0.1, 0.15) is 16.8 Å². The molecule has 1 aliphatic rings. The van der Waals surface area contributed by atoms with Crippen LogP contribution in [-0.2, 0) is 9.59 Å². The van der Waals surface area contributed by atoms with Crippen LogP contribution >= 0.6 is 0 Å². The van der Waals surface area contributed by atoms with Gasteiger partial charge in [0.05, 0.1) is 6.42 Å². The maximum Gasteiger partial charge on any atom is 0.251 e. The van der Waals surface area contributed by atoms with Crippen LogP contribution in [0, 0.1) is 0 Å². The van der Waals surface area contributed by atoms with Gasteiger partial charge in [-0.2, -0.15) is 0 Å². The number of primary amides is 1. The molecular formula is C12H13N3O3. The Morgan fingerprint density at radius 3 is 2.72 bits per heavy atom. The second kappa shape index (κ2) is 4.48. The Morgan fingerprint density at radius 2 is 2.17 bits per heavy atom. The topological polar surface area (TPSA) is 92.5 Å². The zero-order valence-electron chi connectivity index (χ0n) is 9.84. The Hall–Kier alpha value is -2.37. The number of carbonyl (C=O) groups excluding carboxylic acids is 3. The second-order valence-electron chi connectivity index (χ2n) is 4.14. The highest BCUT2D eigenvalue weighted by Gasteiger charge is 2.35. The molecule has 0 radical (unpaired) electrons. The van der Waals surface area contributed by atoms with E-state index in [2.05, 4.69) is 5.32 Å². The molecule has 0 aromatic heterocycles. The highest BCUT2D eigenvalue weighted by molar-refractivity contribution is 6.06. The lowest BCUT2D eigenvalue weighted by Gasteiger charge is -2.12. The molecule has 6 heteroatoms. The summed E-state index contributed by atoms with van der Waals surface area (Å²) in [6.07, 6.45) is 0.121. The number of nitrogens with two attached hydrogens (primary N) is 1. The van der Waals surface area contributed by atoms with Gasteiger partial charge in [0, 0.05) is 18.3 Å². The monoisotopic (exact) mass is 247 g/mol. The average Bonchev–Trinajstić information content (AvgIpc) is 2.57. The number of likely N-dealkylation sites (tertiary alicyclic amines) is 1. The van der Waals surface area contributed by atoms with Crippen molar-refractivity contribution in [1.29, 1.82) is 0 Å². The van der Waals surface area contributed by atoms with Gasteiger partial charge < -0.3 is 11.1 Å². The number of hydrogen-bond donors (Lipinski definition) is 2. The van der Waals surface area contributed by atoms with Gasteiger partial charge in [-0.25, -0.2) is 0 Å². The maximum atomic E-state index is 11.7. The Morgan fingerprint density at radius 1 is 1.44 bits per heavy atom. The summed E-state index contributed by atoms with van der Waals surface area (Å²) in [5, 5.41) is 2.93. The third-order valence-electron chi connectivity index (χ3n) is 2.87. The van der Waals surface area contributed by atoms with E-state index >= 15 is 0 Å². The standard InChI is InChI=1S/C12H13N3O3/c1-15-10(16)6-9(12(15)18)14-8-4-2-3-7(5-8)11(13)17/h2-5,9,14H,6H2,1H3,(H2,13,17). The van der Waals surface area contributed by atoms with Gasteiger partial charge in [0.2, 0.25) is 11.8 Å². The first-order valence-electron chi connectivity index (χ1n) is 5.46. The van der Waals surface area contributed by atoms with Crippen LogP contribution in [0.4, 0.5) is 5.69 Å². The maximum absolute atomic E-state index is 11.7. The van der Waals surface area contributed by atoms with Gasteiger partial charge in [-0.3, -0.25) is 19.3 Å². The summed E-state index contributed by atoms with van der Waals surface area (Å²) in [7, 11) is 1.45. The van der Waals surface area contributed by atoms with E-state index in [9.17, 15) is 14.4 Å². The van der Waals surface area contributed by atoms with E-state index in [1.165, 1.54) is 7.05 Å². The minimum absolute atomic E-state index is 0.121. The van der Waals surface area contributed by atoms with Gasteiger partial charge in [-0.05, 0) is 18.2 Å². The van der Waals surface area contributed by atoms with E-state index in [-0.39, 0.29) is 18.2 Å². The summed E-state index contributed by atoms with van der Waals surface area (Å²) >= 11 is 0. The van der Waals surface area contributed by atoms with Crippen molar-refractivity contribution in [3.05, 3.63) is 29.8 Å². The molecule has 1 aromatic rings. The third kappa shape index (κ3) is 2.17. The molecule has 1 aromatic carbocycles. The van der Waals surface area contributed by atoms with Gasteiger partial charge in [-0.15, -0.1) is 0 Å². The number of benzene rings is 1. The van der Waals surface area contributed by atoms with Crippen molar-refractivity contribution < 1.29 is 14.4 Å². The summed E-state index contributed by atoms with van der Waals surface area (Å²) in [5.74, 6) is -1.03. The molecule has 0 aliphatic carbocycles. The smallest absolute Gasteiger partial charge is 0.251 e. The molecule has 0 saturated carbocycles. The zero-order valence-corrected chi connectivity index (χ0v) is 9.84. The van der Waals surface area contributed by atoms with Gasteiger partial charge in [0.1, 0.15) is 6.04 Å². The average molecular weight is 247 g/mol. The van der Waals surface area contributed by atoms with Crippen molar-refractivity contribution in [2.75, 3.05) is 12.4 Å². The van der Waals surface area contributed by atoms with Gasteiger partial charge in [0.25, 0.3) is 5.91 Å². The van der Waals surface area contributed by atoms with Crippen molar-refractivity contribution in [3.63, 3.8) is 0 Å². The molecule has 2 rings (SSSR count). The number of rotatable bonds is 3. The lowest BCUT2D eigenvalue weighted by molar-refractivity contribution is -0.136. The molecule has 1 atom stereocenters. The summed E-state index contributed by atoms with van der Waals surface area (Å²) in [6.45, 7) is 0. The molecule has 94 valence electrons. The molecule has 3 N–H and O–H groups in total. The number of imide groups is 1. The Bertz CT molecular complexity index is 527. The summed E-state index contributed by atoms with van der Waals surface area (Å²) in [5.41, 5.74) is 6.11. The van der Waals surface area contributed by atoms with Crippen molar-refractivity contribution in [3.8, 4) is 0 Å². The van der Waals surface area contributed by atoms with Crippen molar-refractivity contribution in [1.82, 2.24) is 4.90 Å². The molecule has 1 heterocycles. The van der Waals surface area contributed by atoms with Crippen molar-refractivity contribution >= 4 is 23.4 Å². The van der Waals surface area contributed by atoms with E-state index < -0.39 is 11.9 Å². The highest BCUT2D eigenvalue weighted by Crippen LogP contribution is 2.18. The van der Waals surface area contributed by atoms with E-state index in [0.717, 1.165) is 4.90 Å². The SMILES string of the molecule is CN1C(=O)CC(Nc2cccc(C(N)=O)c2)C1=O. The molecule has 18 heavy (non-hydrogen) atoms. The molecule has 1 aliphatic heterocycles. The molecular weight excluding hydrogens is 234 g/mol. The van der Waals surface area contributed by atoms with Crippen molar-refractivity contribution in [2.45, 2.75) is 12.5 Å². The Labute approximate surface area is 104 Å². The van der Waals surface area contributed by atoms with Gasteiger partial charge in [0.15, 0.2) is 0 Å². The first-order chi connectivity index (χ1) is 8.49. The number of nitrogens with one attached hydrogen (secondary N) is 1. The van der Waals surface area contributed by atoms with Crippen LogP contribution in [0.2, 0.25) is 0 Å². The molecule has 0 bridgehead atoms. The van der Waals surface area contributed by atoms with Gasteiger partial charge in [-0.1, -0.05) is 6.07 Å². The minimum Gasteiger partial charge on any atom is -0.373 e. The Balaban J connectivity index is 2.15. The lowest BCUT2D eigenvalue weighted by atomic mass is 10.1. The number of amides is 3. The predicted molar refractivity (Wildman–Crippen MR) is 64.8 cm³/mol. The minimum atomic E-state index is -0.578. The first-order valence-corrected chi connectivity index (χ1v) is 5.46.